The predicted octanol–water partition coefficient (Wildman–Crippen LogP) is 1.63. The summed E-state index contributed by atoms with van der Waals surface area (Å²) in [7, 11) is 0. The summed E-state index contributed by atoms with van der Waals surface area (Å²) >= 11 is 0. The second-order valence-corrected chi connectivity index (χ2v) is 16.1. The van der Waals surface area contributed by atoms with Crippen molar-refractivity contribution in [2.75, 3.05) is 64.6 Å². The van der Waals surface area contributed by atoms with Gasteiger partial charge in [-0.15, -0.1) is 0 Å². The van der Waals surface area contributed by atoms with Crippen molar-refractivity contribution in [3.8, 4) is 0 Å². The van der Waals surface area contributed by atoms with E-state index in [-0.39, 0.29) is 50.9 Å². The number of hydrogen-bond acceptors (Lipinski definition) is 14. The van der Waals surface area contributed by atoms with Gasteiger partial charge in [0.05, 0.1) is 6.33 Å². The fraction of sp³-hybridized carbons (Fsp3) is 0.743. The van der Waals surface area contributed by atoms with Crippen molar-refractivity contribution in [1.82, 2.24) is 44.9 Å². The molecule has 300 valence electrons. The zero-order chi connectivity index (χ0) is 39.4. The summed E-state index contributed by atoms with van der Waals surface area (Å²) in [6.45, 7) is 17.1. The Morgan fingerprint density at radius 1 is 0.870 bits per heavy atom. The molecule has 0 saturated carbocycles. The third-order valence-electron chi connectivity index (χ3n) is 8.87. The molecule has 4 N–H and O–H groups in total. The van der Waals surface area contributed by atoms with Crippen LogP contribution in [0.3, 0.4) is 0 Å². The molecule has 2 aromatic heterocycles. The van der Waals surface area contributed by atoms with Crippen LogP contribution in [0.1, 0.15) is 74.5 Å². The number of rotatable bonds is 6. The summed E-state index contributed by atoms with van der Waals surface area (Å²) < 4.78 is 31.4. The minimum Gasteiger partial charge on any atom is -0.444 e. The second kappa shape index (κ2) is 16.6. The van der Waals surface area contributed by atoms with Crippen LogP contribution in [0.15, 0.2) is 12.7 Å². The fourth-order valence-corrected chi connectivity index (χ4v) is 6.42. The Morgan fingerprint density at radius 3 is 2.07 bits per heavy atom. The predicted molar refractivity (Wildman–Crippen MR) is 195 cm³/mol. The van der Waals surface area contributed by atoms with Crippen LogP contribution in [-0.2, 0) is 33.3 Å². The number of ether oxygens (including phenoxy) is 5. The maximum Gasteiger partial charge on any atom is 0.410 e. The van der Waals surface area contributed by atoms with Crippen LogP contribution in [0.4, 0.5) is 15.4 Å². The largest absolute Gasteiger partial charge is 0.444 e. The second-order valence-electron chi connectivity index (χ2n) is 16.1. The highest BCUT2D eigenvalue weighted by atomic mass is 16.8. The zero-order valence-corrected chi connectivity index (χ0v) is 32.6. The number of aromatic nitrogens is 4. The van der Waals surface area contributed by atoms with E-state index in [0.717, 1.165) is 0 Å². The molecule has 54 heavy (non-hydrogen) atoms. The number of nitrogens with zero attached hydrogens (tertiary/aromatic N) is 7. The van der Waals surface area contributed by atoms with Gasteiger partial charge in [0, 0.05) is 65.3 Å². The third-order valence-corrected chi connectivity index (χ3v) is 8.87. The number of nitrogens with two attached hydrogens (primary N) is 1. The molecule has 0 radical (unpaired) electrons. The SMILES string of the molecule is CC(C)(C)OC(=O)N1CCNCCN(C(=O)CCCNC(=O)C2OC(n3cnc4c(N)ncnc43)C3OC(C)(C)OC23)CCN(C(=O)OC(C)(C)C)CC1. The number of amides is 4. The van der Waals surface area contributed by atoms with Gasteiger partial charge in [-0.25, -0.2) is 24.5 Å². The quantitative estimate of drug-likeness (QED) is 0.357. The molecule has 3 aliphatic heterocycles. The van der Waals surface area contributed by atoms with E-state index in [1.807, 2.05) is 0 Å². The Labute approximate surface area is 315 Å². The molecule has 2 aromatic rings. The molecule has 4 amide bonds. The Morgan fingerprint density at radius 2 is 1.44 bits per heavy atom. The average molecular weight is 761 g/mol. The van der Waals surface area contributed by atoms with E-state index in [4.69, 9.17) is 29.4 Å². The number of hydrogen-bond donors (Lipinski definition) is 3. The lowest BCUT2D eigenvalue weighted by Crippen LogP contribution is -2.50. The van der Waals surface area contributed by atoms with E-state index >= 15 is 0 Å². The molecule has 4 atom stereocenters. The number of nitrogen functional groups attached to an aromatic ring is 1. The first kappa shape index (κ1) is 40.8. The van der Waals surface area contributed by atoms with Gasteiger partial charge in [-0.05, 0) is 61.8 Å². The standard InChI is InChI=1S/C35H56N10O9/c1-33(2,3)53-31(48)43-15-13-37-12-14-42(16-17-44(19-18-43)32(49)54-34(4,5)6)22(46)10-9-11-38-29(47)25-24-26(52-35(7,8)51-24)30(50-25)45-21-41-23-27(36)39-20-40-28(23)45/h20-21,24-26,30,37H,9-19H2,1-8H3,(H,38,47)(H2,36,39,40). The van der Waals surface area contributed by atoms with Crippen LogP contribution in [0, 0.1) is 0 Å². The molecule has 0 aromatic carbocycles. The molecule has 3 fully saturated rings. The molecular weight excluding hydrogens is 704 g/mol. The molecule has 19 nitrogen and oxygen atoms in total. The molecule has 5 rings (SSSR count). The van der Waals surface area contributed by atoms with Crippen LogP contribution in [0.2, 0.25) is 0 Å². The molecule has 19 heteroatoms. The Kier molecular flexibility index (Phi) is 12.5. The highest BCUT2D eigenvalue weighted by Gasteiger charge is 2.58. The summed E-state index contributed by atoms with van der Waals surface area (Å²) in [5.41, 5.74) is 5.43. The van der Waals surface area contributed by atoms with E-state index in [2.05, 4.69) is 25.6 Å². The summed E-state index contributed by atoms with van der Waals surface area (Å²) in [6, 6.07) is 0. The van der Waals surface area contributed by atoms with Crippen LogP contribution in [0.25, 0.3) is 11.2 Å². The molecule has 0 aliphatic carbocycles. The lowest BCUT2D eigenvalue weighted by atomic mass is 10.1. The minimum atomic E-state index is -1.000. The van der Waals surface area contributed by atoms with Gasteiger partial charge >= 0.3 is 12.2 Å². The van der Waals surface area contributed by atoms with E-state index in [0.29, 0.717) is 43.8 Å². The lowest BCUT2D eigenvalue weighted by molar-refractivity contribution is -0.197. The van der Waals surface area contributed by atoms with Crippen molar-refractivity contribution >= 4 is 41.0 Å². The molecule has 3 aliphatic rings. The van der Waals surface area contributed by atoms with Gasteiger partial charge in [0.25, 0.3) is 5.91 Å². The van der Waals surface area contributed by atoms with Crippen LogP contribution in [0.5, 0.6) is 0 Å². The molecule has 5 heterocycles. The number of carbonyl (C=O) groups is 4. The third kappa shape index (κ3) is 10.5. The summed E-state index contributed by atoms with van der Waals surface area (Å²) in [5, 5.41) is 6.20. The minimum absolute atomic E-state index is 0.123. The van der Waals surface area contributed by atoms with Crippen molar-refractivity contribution in [3.63, 3.8) is 0 Å². The normalized spacial score (nSPS) is 24.0. The van der Waals surface area contributed by atoms with Crippen molar-refractivity contribution < 1.29 is 42.9 Å². The monoisotopic (exact) mass is 760 g/mol. The summed E-state index contributed by atoms with van der Waals surface area (Å²) in [5.74, 6) is -1.26. The lowest BCUT2D eigenvalue weighted by Gasteiger charge is -2.33. The number of fused-ring (bicyclic) bond motifs is 2. The fourth-order valence-electron chi connectivity index (χ4n) is 6.42. The maximum atomic E-state index is 13.5. The average Bonchev–Trinajstić information content (AvgIpc) is 3.72. The zero-order valence-electron chi connectivity index (χ0n) is 32.6. The van der Waals surface area contributed by atoms with Gasteiger partial charge in [-0.1, -0.05) is 0 Å². The van der Waals surface area contributed by atoms with Crippen LogP contribution >= 0.6 is 0 Å². The van der Waals surface area contributed by atoms with Crippen LogP contribution in [-0.4, -0.2) is 152 Å². The number of anilines is 1. The van der Waals surface area contributed by atoms with Crippen molar-refractivity contribution in [2.45, 2.75) is 110 Å². The Balaban J connectivity index is 1.17. The van der Waals surface area contributed by atoms with E-state index in [9.17, 15) is 19.2 Å². The van der Waals surface area contributed by atoms with Gasteiger partial charge in [0.1, 0.15) is 35.3 Å². The first-order valence-corrected chi connectivity index (χ1v) is 18.5. The first-order valence-electron chi connectivity index (χ1n) is 18.5. The van der Waals surface area contributed by atoms with Gasteiger partial charge in [0.2, 0.25) is 5.91 Å². The molecule has 3 saturated heterocycles. The van der Waals surface area contributed by atoms with Gasteiger partial charge < -0.3 is 54.8 Å². The van der Waals surface area contributed by atoms with Gasteiger partial charge in [-0.2, -0.15) is 0 Å². The van der Waals surface area contributed by atoms with Crippen molar-refractivity contribution in [1.29, 1.82) is 0 Å². The van der Waals surface area contributed by atoms with Crippen molar-refractivity contribution in [2.24, 2.45) is 0 Å². The highest BCUT2D eigenvalue weighted by molar-refractivity contribution is 5.83. The number of carbonyl (C=O) groups excluding carboxylic acids is 4. The highest BCUT2D eigenvalue weighted by Crippen LogP contribution is 2.44. The summed E-state index contributed by atoms with van der Waals surface area (Å²) in [6.07, 6.45) is -0.719. The number of nitrogens with one attached hydrogen (secondary N) is 2. The Hall–Kier alpha value is -4.33. The molecule has 0 bridgehead atoms. The topological polar surface area (TPSA) is 218 Å². The van der Waals surface area contributed by atoms with Crippen molar-refractivity contribution in [3.05, 3.63) is 12.7 Å². The molecule has 0 spiro atoms. The van der Waals surface area contributed by atoms with E-state index < -0.39 is 59.6 Å². The smallest absolute Gasteiger partial charge is 0.410 e. The number of imidazole rings is 1. The first-order chi connectivity index (χ1) is 25.3. The van der Waals surface area contributed by atoms with Gasteiger partial charge in [0.15, 0.2) is 29.6 Å². The van der Waals surface area contributed by atoms with Gasteiger partial charge in [-0.3, -0.25) is 14.2 Å². The Bertz CT molecular complexity index is 1660. The molecule has 4 unspecified atom stereocenters. The van der Waals surface area contributed by atoms with E-state index in [1.165, 1.54) is 17.6 Å². The van der Waals surface area contributed by atoms with E-state index in [1.54, 1.807) is 69.8 Å². The maximum absolute atomic E-state index is 13.5. The van der Waals surface area contributed by atoms with Crippen LogP contribution < -0.4 is 16.4 Å². The molecular formula is C35H56N10O9. The summed E-state index contributed by atoms with van der Waals surface area (Å²) in [4.78, 5) is 70.6.